The first kappa shape index (κ1) is 20.7. The van der Waals surface area contributed by atoms with Crippen molar-refractivity contribution in [1.82, 2.24) is 5.32 Å². The van der Waals surface area contributed by atoms with Crippen LogP contribution in [0.25, 0.3) is 0 Å². The molecule has 3 aromatic rings. The van der Waals surface area contributed by atoms with E-state index in [0.29, 0.717) is 12.3 Å². The Morgan fingerprint density at radius 3 is 2.58 bits per heavy atom. The largest absolute Gasteiger partial charge is 0.484 e. The molecule has 0 saturated carbocycles. The quantitative estimate of drug-likeness (QED) is 0.657. The van der Waals surface area contributed by atoms with Crippen molar-refractivity contribution >= 4 is 17.5 Å². The summed E-state index contributed by atoms with van der Waals surface area (Å²) < 4.78 is 5.63. The average Bonchev–Trinajstić information content (AvgIpc) is 2.81. The van der Waals surface area contributed by atoms with Crippen LogP contribution in [0.1, 0.15) is 29.2 Å². The van der Waals surface area contributed by atoms with Gasteiger partial charge in [-0.25, -0.2) is 0 Å². The molecule has 0 unspecified atom stereocenters. The third-order valence-corrected chi connectivity index (χ3v) is 5.42. The number of benzene rings is 3. The predicted molar refractivity (Wildman–Crippen MR) is 121 cm³/mol. The molecule has 0 radical (unpaired) electrons. The molecule has 0 bridgehead atoms. The zero-order valence-electron chi connectivity index (χ0n) is 17.6. The Hall–Kier alpha value is -3.60. The molecule has 2 amide bonds. The molecule has 1 heterocycles. The fraction of sp³-hybridized carbons (Fsp3) is 0.231. The third-order valence-electron chi connectivity index (χ3n) is 5.42. The van der Waals surface area contributed by atoms with Crippen LogP contribution in [0.3, 0.4) is 0 Å². The van der Waals surface area contributed by atoms with Crippen LogP contribution < -0.4 is 15.0 Å². The number of anilines is 1. The third kappa shape index (κ3) is 4.94. The van der Waals surface area contributed by atoms with Crippen molar-refractivity contribution in [3.05, 3.63) is 95.6 Å². The number of nitrogens with zero attached hydrogens (tertiary/aromatic N) is 1. The Labute approximate surface area is 182 Å². The molecule has 0 spiro atoms. The molecule has 31 heavy (non-hydrogen) atoms. The van der Waals surface area contributed by atoms with Gasteiger partial charge in [-0.2, -0.15) is 0 Å². The van der Waals surface area contributed by atoms with Gasteiger partial charge in [-0.3, -0.25) is 9.59 Å². The summed E-state index contributed by atoms with van der Waals surface area (Å²) in [6, 6.07) is 24.1. The normalized spacial score (nSPS) is 13.8. The fourth-order valence-electron chi connectivity index (χ4n) is 3.91. The number of aryl methyl sites for hydroxylation is 2. The van der Waals surface area contributed by atoms with Crippen LogP contribution in [0.2, 0.25) is 0 Å². The summed E-state index contributed by atoms with van der Waals surface area (Å²) in [6.07, 6.45) is 1.85. The molecule has 1 N–H and O–H groups in total. The molecule has 158 valence electrons. The van der Waals surface area contributed by atoms with E-state index in [0.717, 1.165) is 35.2 Å². The smallest absolute Gasteiger partial charge is 0.258 e. The maximum atomic E-state index is 13.6. The minimum Gasteiger partial charge on any atom is -0.484 e. The second kappa shape index (κ2) is 9.47. The number of hydrogen-bond donors (Lipinski definition) is 1. The van der Waals surface area contributed by atoms with E-state index < -0.39 is 6.04 Å². The lowest BCUT2D eigenvalue weighted by Gasteiger charge is -2.32. The molecule has 0 fully saturated rings. The summed E-state index contributed by atoms with van der Waals surface area (Å²) in [7, 11) is 0. The number of carbonyl (C=O) groups excluding carboxylic acids is 2. The zero-order chi connectivity index (χ0) is 21.6. The van der Waals surface area contributed by atoms with Gasteiger partial charge in [0, 0.05) is 12.2 Å². The highest BCUT2D eigenvalue weighted by Gasteiger charge is 2.30. The predicted octanol–water partition coefficient (Wildman–Crippen LogP) is 4.21. The molecule has 1 aliphatic heterocycles. The van der Waals surface area contributed by atoms with Crippen LogP contribution in [0.5, 0.6) is 5.75 Å². The Morgan fingerprint density at radius 2 is 1.77 bits per heavy atom. The van der Waals surface area contributed by atoms with Gasteiger partial charge in [-0.15, -0.1) is 0 Å². The lowest BCUT2D eigenvalue weighted by Crippen LogP contribution is -2.46. The van der Waals surface area contributed by atoms with Crippen LogP contribution >= 0.6 is 0 Å². The van der Waals surface area contributed by atoms with E-state index in [1.807, 2.05) is 79.7 Å². The number of amides is 2. The van der Waals surface area contributed by atoms with Crippen LogP contribution in [-0.4, -0.2) is 25.0 Å². The van der Waals surface area contributed by atoms with Crippen molar-refractivity contribution in [3.8, 4) is 5.75 Å². The van der Waals surface area contributed by atoms with Crippen molar-refractivity contribution in [1.29, 1.82) is 0 Å². The number of ether oxygens (including phenoxy) is 1. The summed E-state index contributed by atoms with van der Waals surface area (Å²) >= 11 is 0. The van der Waals surface area contributed by atoms with Crippen LogP contribution in [0.4, 0.5) is 5.69 Å². The second-order valence-corrected chi connectivity index (χ2v) is 7.74. The first-order valence-electron chi connectivity index (χ1n) is 10.5. The van der Waals surface area contributed by atoms with Crippen LogP contribution in [0.15, 0.2) is 78.9 Å². The maximum Gasteiger partial charge on any atom is 0.258 e. The average molecular weight is 415 g/mol. The number of rotatable bonds is 6. The number of fused-ring (bicyclic) bond motifs is 1. The molecule has 1 atom stereocenters. The van der Waals surface area contributed by atoms with E-state index >= 15 is 0 Å². The van der Waals surface area contributed by atoms with Gasteiger partial charge in [0.25, 0.3) is 11.8 Å². The summed E-state index contributed by atoms with van der Waals surface area (Å²) in [5, 5.41) is 2.89. The van der Waals surface area contributed by atoms with Crippen molar-refractivity contribution in [3.63, 3.8) is 0 Å². The molecule has 0 saturated heterocycles. The molecular formula is C26H26N2O3. The Bertz CT molecular complexity index is 1070. The maximum absolute atomic E-state index is 13.6. The van der Waals surface area contributed by atoms with Crippen molar-refractivity contribution in [2.75, 3.05) is 18.1 Å². The topological polar surface area (TPSA) is 58.6 Å². The summed E-state index contributed by atoms with van der Waals surface area (Å²) in [4.78, 5) is 28.1. The molecule has 4 rings (SSSR count). The van der Waals surface area contributed by atoms with E-state index in [1.54, 1.807) is 4.90 Å². The lowest BCUT2D eigenvalue weighted by atomic mass is 9.99. The molecule has 5 nitrogen and oxygen atoms in total. The minimum absolute atomic E-state index is 0.137. The van der Waals surface area contributed by atoms with Gasteiger partial charge in [-0.1, -0.05) is 60.7 Å². The first-order valence-corrected chi connectivity index (χ1v) is 10.5. The van der Waals surface area contributed by atoms with Crippen molar-refractivity contribution in [2.45, 2.75) is 25.8 Å². The number of nitrogens with one attached hydrogen (secondary N) is 1. The molecule has 0 aromatic heterocycles. The van der Waals surface area contributed by atoms with E-state index in [9.17, 15) is 9.59 Å². The molecule has 5 heteroatoms. The molecular weight excluding hydrogens is 388 g/mol. The van der Waals surface area contributed by atoms with Gasteiger partial charge >= 0.3 is 0 Å². The molecule has 3 aromatic carbocycles. The second-order valence-electron chi connectivity index (χ2n) is 7.74. The van der Waals surface area contributed by atoms with Crippen LogP contribution in [-0.2, 0) is 16.0 Å². The number of para-hydroxylation sites is 1. The van der Waals surface area contributed by atoms with Crippen molar-refractivity contribution < 1.29 is 14.3 Å². The van der Waals surface area contributed by atoms with Gasteiger partial charge in [0.1, 0.15) is 11.8 Å². The van der Waals surface area contributed by atoms with Crippen molar-refractivity contribution in [2.24, 2.45) is 0 Å². The van der Waals surface area contributed by atoms with E-state index in [-0.39, 0.29) is 18.4 Å². The van der Waals surface area contributed by atoms with E-state index in [4.69, 9.17) is 4.74 Å². The van der Waals surface area contributed by atoms with E-state index in [2.05, 4.69) is 11.4 Å². The van der Waals surface area contributed by atoms with Gasteiger partial charge in [0.15, 0.2) is 6.61 Å². The Kier molecular flexibility index (Phi) is 6.32. The minimum atomic E-state index is -0.777. The number of hydrogen-bond acceptors (Lipinski definition) is 3. The van der Waals surface area contributed by atoms with Gasteiger partial charge in [-0.05, 0) is 54.7 Å². The van der Waals surface area contributed by atoms with Gasteiger partial charge in [0.2, 0.25) is 0 Å². The molecule has 0 aliphatic carbocycles. The highest BCUT2D eigenvalue weighted by Crippen LogP contribution is 2.29. The first-order chi connectivity index (χ1) is 15.1. The van der Waals surface area contributed by atoms with E-state index in [1.165, 1.54) is 0 Å². The SMILES string of the molecule is Cc1cccc(OCC(=O)N[C@@H](C(=O)N2CCCc3ccccc32)c2ccccc2)c1. The highest BCUT2D eigenvalue weighted by molar-refractivity contribution is 6.00. The summed E-state index contributed by atoms with van der Waals surface area (Å²) in [5.74, 6) is 0.152. The van der Waals surface area contributed by atoms with Crippen LogP contribution in [0, 0.1) is 6.92 Å². The molecule has 1 aliphatic rings. The zero-order valence-corrected chi connectivity index (χ0v) is 17.6. The Balaban J connectivity index is 1.53. The van der Waals surface area contributed by atoms with Gasteiger partial charge < -0.3 is 15.0 Å². The number of carbonyl (C=O) groups is 2. The lowest BCUT2D eigenvalue weighted by molar-refractivity contribution is -0.129. The van der Waals surface area contributed by atoms with Gasteiger partial charge in [0.05, 0.1) is 0 Å². The fourth-order valence-corrected chi connectivity index (χ4v) is 3.91. The summed E-state index contributed by atoms with van der Waals surface area (Å²) in [6.45, 7) is 2.44. The highest BCUT2D eigenvalue weighted by atomic mass is 16.5. The monoisotopic (exact) mass is 414 g/mol. The standard InChI is InChI=1S/C26H26N2O3/c1-19-9-7-14-22(17-19)31-18-24(29)27-25(21-11-3-2-4-12-21)26(30)28-16-8-13-20-10-5-6-15-23(20)28/h2-7,9-12,14-15,17,25H,8,13,16,18H2,1H3,(H,27,29)/t25-/m1/s1. The summed E-state index contributed by atoms with van der Waals surface area (Å²) in [5.41, 5.74) is 3.88. The Morgan fingerprint density at radius 1 is 1.00 bits per heavy atom.